The standard InChI is InChI=1S/C17H17BrFNO/c1-2-3-5-12-8-10-13(11-9-12)20-17(21)14-6-4-7-15(18)16(14)19/h4,6-11H,2-3,5H2,1H3,(H,20,21). The number of carbonyl (C=O) groups excluding carboxylic acids is 1. The molecule has 0 saturated heterocycles. The molecule has 0 aromatic heterocycles. The van der Waals surface area contributed by atoms with Crippen LogP contribution < -0.4 is 5.32 Å². The molecule has 21 heavy (non-hydrogen) atoms. The largest absolute Gasteiger partial charge is 0.322 e. The van der Waals surface area contributed by atoms with Gasteiger partial charge in [-0.2, -0.15) is 0 Å². The van der Waals surface area contributed by atoms with E-state index in [1.165, 1.54) is 11.6 Å². The lowest BCUT2D eigenvalue weighted by Crippen LogP contribution is -2.13. The Morgan fingerprint density at radius 1 is 1.19 bits per heavy atom. The van der Waals surface area contributed by atoms with Crippen molar-refractivity contribution in [1.29, 1.82) is 0 Å². The lowest BCUT2D eigenvalue weighted by atomic mass is 10.1. The summed E-state index contributed by atoms with van der Waals surface area (Å²) in [6.07, 6.45) is 3.33. The summed E-state index contributed by atoms with van der Waals surface area (Å²) in [4.78, 5) is 12.1. The van der Waals surface area contributed by atoms with Crippen LogP contribution in [0.2, 0.25) is 0 Å². The van der Waals surface area contributed by atoms with E-state index >= 15 is 0 Å². The molecule has 0 radical (unpaired) electrons. The number of halogens is 2. The van der Waals surface area contributed by atoms with Crippen LogP contribution in [-0.2, 0) is 6.42 Å². The second-order valence-corrected chi connectivity index (χ2v) is 5.71. The van der Waals surface area contributed by atoms with Crippen molar-refractivity contribution in [2.75, 3.05) is 5.32 Å². The van der Waals surface area contributed by atoms with Gasteiger partial charge in [-0.05, 0) is 58.6 Å². The van der Waals surface area contributed by atoms with Gasteiger partial charge in [-0.15, -0.1) is 0 Å². The zero-order valence-corrected chi connectivity index (χ0v) is 13.4. The maximum Gasteiger partial charge on any atom is 0.258 e. The van der Waals surface area contributed by atoms with E-state index in [9.17, 15) is 9.18 Å². The van der Waals surface area contributed by atoms with Crippen molar-refractivity contribution in [3.8, 4) is 0 Å². The minimum Gasteiger partial charge on any atom is -0.322 e. The van der Waals surface area contributed by atoms with E-state index in [-0.39, 0.29) is 10.0 Å². The molecule has 0 heterocycles. The Balaban J connectivity index is 2.07. The van der Waals surface area contributed by atoms with E-state index < -0.39 is 11.7 Å². The zero-order chi connectivity index (χ0) is 15.2. The van der Waals surface area contributed by atoms with Gasteiger partial charge in [0.15, 0.2) is 0 Å². The summed E-state index contributed by atoms with van der Waals surface area (Å²) in [6, 6.07) is 12.3. The summed E-state index contributed by atoms with van der Waals surface area (Å²) < 4.78 is 14.1. The van der Waals surface area contributed by atoms with E-state index in [0.717, 1.165) is 19.3 Å². The van der Waals surface area contributed by atoms with E-state index in [1.54, 1.807) is 12.1 Å². The highest BCUT2D eigenvalue weighted by Gasteiger charge is 2.13. The average molecular weight is 350 g/mol. The van der Waals surface area contributed by atoms with E-state index in [0.29, 0.717) is 5.69 Å². The fourth-order valence-corrected chi connectivity index (χ4v) is 2.38. The van der Waals surface area contributed by atoms with Crippen LogP contribution in [0.25, 0.3) is 0 Å². The Bertz CT molecular complexity index is 625. The molecule has 2 aromatic carbocycles. The lowest BCUT2D eigenvalue weighted by Gasteiger charge is -2.08. The number of hydrogen-bond donors (Lipinski definition) is 1. The number of hydrogen-bond acceptors (Lipinski definition) is 1. The van der Waals surface area contributed by atoms with Gasteiger partial charge in [-0.1, -0.05) is 31.5 Å². The number of benzene rings is 2. The van der Waals surface area contributed by atoms with Crippen molar-refractivity contribution in [3.63, 3.8) is 0 Å². The SMILES string of the molecule is CCCCc1ccc(NC(=O)c2cccc(Br)c2F)cc1. The van der Waals surface area contributed by atoms with Crippen molar-refractivity contribution >= 4 is 27.5 Å². The fourth-order valence-electron chi connectivity index (χ4n) is 2.01. The fraction of sp³-hybridized carbons (Fsp3) is 0.235. The number of carbonyl (C=O) groups is 1. The molecule has 0 aliphatic rings. The third-order valence-corrected chi connectivity index (χ3v) is 3.84. The Morgan fingerprint density at radius 2 is 1.90 bits per heavy atom. The smallest absolute Gasteiger partial charge is 0.258 e. The summed E-state index contributed by atoms with van der Waals surface area (Å²) in [5.74, 6) is -0.996. The predicted molar refractivity (Wildman–Crippen MR) is 87.1 cm³/mol. The first-order valence-corrected chi connectivity index (χ1v) is 7.75. The molecule has 0 fully saturated rings. The van der Waals surface area contributed by atoms with Crippen LogP contribution >= 0.6 is 15.9 Å². The molecular weight excluding hydrogens is 333 g/mol. The first-order chi connectivity index (χ1) is 10.1. The third kappa shape index (κ3) is 4.14. The summed E-state index contributed by atoms with van der Waals surface area (Å²) in [5, 5.41) is 2.71. The van der Waals surface area contributed by atoms with E-state index in [2.05, 4.69) is 28.2 Å². The van der Waals surface area contributed by atoms with Crippen LogP contribution in [0.3, 0.4) is 0 Å². The predicted octanol–water partition coefficient (Wildman–Crippen LogP) is 5.18. The number of amides is 1. The Kier molecular flexibility index (Phi) is 5.51. The van der Waals surface area contributed by atoms with Gasteiger partial charge in [0, 0.05) is 5.69 Å². The zero-order valence-electron chi connectivity index (χ0n) is 11.8. The number of rotatable bonds is 5. The molecule has 1 N–H and O–H groups in total. The molecule has 0 atom stereocenters. The highest BCUT2D eigenvalue weighted by molar-refractivity contribution is 9.10. The van der Waals surface area contributed by atoms with Crippen molar-refractivity contribution < 1.29 is 9.18 Å². The molecule has 0 aliphatic carbocycles. The second kappa shape index (κ2) is 7.36. The molecule has 110 valence electrons. The number of anilines is 1. The Hall–Kier alpha value is -1.68. The Labute approximate surface area is 132 Å². The molecule has 0 spiro atoms. The van der Waals surface area contributed by atoms with Crippen LogP contribution in [0.4, 0.5) is 10.1 Å². The molecule has 2 rings (SSSR count). The summed E-state index contributed by atoms with van der Waals surface area (Å²) >= 11 is 3.08. The van der Waals surface area contributed by atoms with Gasteiger partial charge in [-0.3, -0.25) is 4.79 Å². The molecule has 0 unspecified atom stereocenters. The number of unbranched alkanes of at least 4 members (excludes halogenated alkanes) is 1. The van der Waals surface area contributed by atoms with Gasteiger partial charge in [0.25, 0.3) is 5.91 Å². The number of aryl methyl sites for hydroxylation is 1. The quantitative estimate of drug-likeness (QED) is 0.791. The van der Waals surface area contributed by atoms with Crippen molar-refractivity contribution in [3.05, 3.63) is 63.9 Å². The topological polar surface area (TPSA) is 29.1 Å². The van der Waals surface area contributed by atoms with Crippen molar-refractivity contribution in [2.24, 2.45) is 0 Å². The summed E-state index contributed by atoms with van der Waals surface area (Å²) in [6.45, 7) is 2.15. The van der Waals surface area contributed by atoms with Crippen LogP contribution in [-0.4, -0.2) is 5.91 Å². The number of nitrogens with one attached hydrogen (secondary N) is 1. The first-order valence-electron chi connectivity index (χ1n) is 6.96. The normalized spacial score (nSPS) is 10.4. The minimum atomic E-state index is -0.547. The molecule has 2 nitrogen and oxygen atoms in total. The monoisotopic (exact) mass is 349 g/mol. The molecule has 2 aromatic rings. The van der Waals surface area contributed by atoms with Gasteiger partial charge in [0.05, 0.1) is 10.0 Å². The van der Waals surface area contributed by atoms with Crippen LogP contribution in [0.15, 0.2) is 46.9 Å². The second-order valence-electron chi connectivity index (χ2n) is 4.86. The van der Waals surface area contributed by atoms with Crippen molar-refractivity contribution in [1.82, 2.24) is 0 Å². The molecule has 1 amide bonds. The summed E-state index contributed by atoms with van der Waals surface area (Å²) in [7, 11) is 0. The van der Waals surface area contributed by atoms with Crippen LogP contribution in [0.1, 0.15) is 35.7 Å². The van der Waals surface area contributed by atoms with E-state index in [1.807, 2.05) is 24.3 Å². The maximum absolute atomic E-state index is 13.9. The summed E-state index contributed by atoms with van der Waals surface area (Å²) in [5.41, 5.74) is 1.93. The van der Waals surface area contributed by atoms with Gasteiger partial charge < -0.3 is 5.32 Å². The molecule has 0 aliphatic heterocycles. The molecular formula is C17H17BrFNO. The minimum absolute atomic E-state index is 0.0273. The van der Waals surface area contributed by atoms with Crippen molar-refractivity contribution in [2.45, 2.75) is 26.2 Å². The van der Waals surface area contributed by atoms with Gasteiger partial charge in [-0.25, -0.2) is 4.39 Å². The molecule has 0 bridgehead atoms. The highest BCUT2D eigenvalue weighted by atomic mass is 79.9. The average Bonchev–Trinajstić information content (AvgIpc) is 2.49. The van der Waals surface area contributed by atoms with Gasteiger partial charge in [0.2, 0.25) is 0 Å². The third-order valence-electron chi connectivity index (χ3n) is 3.23. The Morgan fingerprint density at radius 3 is 2.57 bits per heavy atom. The van der Waals surface area contributed by atoms with Gasteiger partial charge in [0.1, 0.15) is 5.82 Å². The molecule has 4 heteroatoms. The van der Waals surface area contributed by atoms with E-state index in [4.69, 9.17) is 0 Å². The van der Waals surface area contributed by atoms with Crippen LogP contribution in [0.5, 0.6) is 0 Å². The highest BCUT2D eigenvalue weighted by Crippen LogP contribution is 2.20. The van der Waals surface area contributed by atoms with Crippen LogP contribution in [0, 0.1) is 5.82 Å². The molecule has 0 saturated carbocycles. The maximum atomic E-state index is 13.9. The lowest BCUT2D eigenvalue weighted by molar-refractivity contribution is 0.102. The first kappa shape index (κ1) is 15.7. The van der Waals surface area contributed by atoms with Gasteiger partial charge >= 0.3 is 0 Å².